The Morgan fingerprint density at radius 3 is 2.64 bits per heavy atom. The number of carbonyl (C=O) groups excluding carboxylic acids is 1. The molecule has 0 saturated carbocycles. The van der Waals surface area contributed by atoms with E-state index in [2.05, 4.69) is 27.4 Å². The van der Waals surface area contributed by atoms with Crippen LogP contribution in [0.4, 0.5) is 0 Å². The molecule has 1 heterocycles. The van der Waals surface area contributed by atoms with Crippen molar-refractivity contribution in [1.82, 2.24) is 15.5 Å². The van der Waals surface area contributed by atoms with Gasteiger partial charge in [0, 0.05) is 32.7 Å². The Kier molecular flexibility index (Phi) is 12.1. The fourth-order valence-corrected chi connectivity index (χ4v) is 3.36. The standard InChI is InChI=1S/C21H34N4O2.HI/c1-4-27-20(26)19-11-9-18(10-12-19)16-24-21(22-3)23-13-7-15-25-14-6-5-8-17(25)2;/h9-12,17H,4-8,13-16H2,1-3H3,(H2,22,23,24);1H. The topological polar surface area (TPSA) is 66.0 Å². The predicted octanol–water partition coefficient (Wildman–Crippen LogP) is 3.41. The molecule has 2 N–H and O–H groups in total. The first-order chi connectivity index (χ1) is 13.1. The number of benzene rings is 1. The zero-order valence-corrected chi connectivity index (χ0v) is 19.7. The van der Waals surface area contributed by atoms with Crippen molar-refractivity contribution in [2.75, 3.05) is 33.3 Å². The number of likely N-dealkylation sites (tertiary alicyclic amines) is 1. The highest BCUT2D eigenvalue weighted by Crippen LogP contribution is 2.16. The van der Waals surface area contributed by atoms with Crippen LogP contribution in [0, 0.1) is 0 Å². The number of nitrogens with zero attached hydrogens (tertiary/aromatic N) is 2. The molecule has 1 fully saturated rings. The van der Waals surface area contributed by atoms with Crippen molar-refractivity contribution < 1.29 is 9.53 Å². The molecule has 1 aliphatic heterocycles. The van der Waals surface area contributed by atoms with Gasteiger partial charge >= 0.3 is 5.97 Å². The zero-order chi connectivity index (χ0) is 19.5. The van der Waals surface area contributed by atoms with E-state index in [1.165, 1.54) is 25.8 Å². The van der Waals surface area contributed by atoms with Gasteiger partial charge in [0.1, 0.15) is 0 Å². The van der Waals surface area contributed by atoms with Crippen LogP contribution in [0.2, 0.25) is 0 Å². The lowest BCUT2D eigenvalue weighted by molar-refractivity contribution is 0.0526. The van der Waals surface area contributed by atoms with Gasteiger partial charge in [0.25, 0.3) is 0 Å². The third-order valence-corrected chi connectivity index (χ3v) is 5.00. The summed E-state index contributed by atoms with van der Waals surface area (Å²) in [7, 11) is 1.78. The molecule has 158 valence electrons. The summed E-state index contributed by atoms with van der Waals surface area (Å²) in [6.45, 7) is 8.47. The number of carbonyl (C=O) groups is 1. The molecule has 1 atom stereocenters. The van der Waals surface area contributed by atoms with Crippen LogP contribution >= 0.6 is 24.0 Å². The predicted molar refractivity (Wildman–Crippen MR) is 126 cm³/mol. The van der Waals surface area contributed by atoms with E-state index in [1.807, 2.05) is 19.1 Å². The number of hydrogen-bond acceptors (Lipinski definition) is 4. The molecule has 0 radical (unpaired) electrons. The van der Waals surface area contributed by atoms with E-state index in [4.69, 9.17) is 4.74 Å². The SMILES string of the molecule is CCOC(=O)c1ccc(CNC(=NC)NCCCN2CCCCC2C)cc1.I. The molecule has 0 spiro atoms. The minimum Gasteiger partial charge on any atom is -0.462 e. The molecule has 1 aromatic rings. The Labute approximate surface area is 186 Å². The number of rotatable bonds is 8. The maximum absolute atomic E-state index is 11.7. The fourth-order valence-electron chi connectivity index (χ4n) is 3.36. The number of halogens is 1. The van der Waals surface area contributed by atoms with Crippen LogP contribution in [-0.2, 0) is 11.3 Å². The van der Waals surface area contributed by atoms with E-state index >= 15 is 0 Å². The molecule has 2 rings (SSSR count). The smallest absolute Gasteiger partial charge is 0.338 e. The van der Waals surface area contributed by atoms with Crippen molar-refractivity contribution in [3.05, 3.63) is 35.4 Å². The Hall–Kier alpha value is -1.35. The molecule has 0 aliphatic carbocycles. The second-order valence-electron chi connectivity index (χ2n) is 7.00. The van der Waals surface area contributed by atoms with Crippen molar-refractivity contribution in [1.29, 1.82) is 0 Å². The lowest BCUT2D eigenvalue weighted by Gasteiger charge is -2.33. The summed E-state index contributed by atoms with van der Waals surface area (Å²) >= 11 is 0. The van der Waals surface area contributed by atoms with Crippen molar-refractivity contribution >= 4 is 35.9 Å². The molecule has 7 heteroatoms. The minimum atomic E-state index is -0.280. The average Bonchev–Trinajstić information content (AvgIpc) is 2.69. The first-order valence-corrected chi connectivity index (χ1v) is 10.1. The van der Waals surface area contributed by atoms with Gasteiger partial charge in [0.2, 0.25) is 0 Å². The number of hydrogen-bond donors (Lipinski definition) is 2. The highest BCUT2D eigenvalue weighted by atomic mass is 127. The van der Waals surface area contributed by atoms with Gasteiger partial charge in [-0.1, -0.05) is 18.6 Å². The third kappa shape index (κ3) is 8.34. The van der Waals surface area contributed by atoms with Crippen LogP contribution in [-0.4, -0.2) is 56.2 Å². The van der Waals surface area contributed by atoms with Crippen LogP contribution in [0.25, 0.3) is 0 Å². The number of aliphatic imine (C=N–C) groups is 1. The van der Waals surface area contributed by atoms with E-state index in [9.17, 15) is 4.79 Å². The fraction of sp³-hybridized carbons (Fsp3) is 0.619. The van der Waals surface area contributed by atoms with E-state index in [1.54, 1.807) is 19.2 Å². The number of piperidine rings is 1. The molecule has 1 unspecified atom stereocenters. The molecular weight excluding hydrogens is 467 g/mol. The highest BCUT2D eigenvalue weighted by Gasteiger charge is 2.17. The van der Waals surface area contributed by atoms with Gasteiger partial charge in [0.15, 0.2) is 5.96 Å². The van der Waals surface area contributed by atoms with Crippen molar-refractivity contribution in [3.63, 3.8) is 0 Å². The molecule has 6 nitrogen and oxygen atoms in total. The van der Waals surface area contributed by atoms with Gasteiger partial charge in [-0.15, -0.1) is 24.0 Å². The Morgan fingerprint density at radius 1 is 1.25 bits per heavy atom. The number of nitrogens with one attached hydrogen (secondary N) is 2. The number of ether oxygens (including phenoxy) is 1. The summed E-state index contributed by atoms with van der Waals surface area (Å²) in [5.41, 5.74) is 1.67. The van der Waals surface area contributed by atoms with Gasteiger partial charge < -0.3 is 20.3 Å². The van der Waals surface area contributed by atoms with E-state index in [0.717, 1.165) is 31.0 Å². The molecule has 1 saturated heterocycles. The number of guanidine groups is 1. The summed E-state index contributed by atoms with van der Waals surface area (Å²) in [6.07, 6.45) is 5.13. The second-order valence-corrected chi connectivity index (χ2v) is 7.00. The first-order valence-electron chi connectivity index (χ1n) is 10.1. The average molecular weight is 502 g/mol. The molecule has 1 aliphatic rings. The van der Waals surface area contributed by atoms with Crippen LogP contribution < -0.4 is 10.6 Å². The second kappa shape index (κ2) is 13.8. The first kappa shape index (κ1) is 24.7. The Bertz CT molecular complexity index is 607. The largest absolute Gasteiger partial charge is 0.462 e. The van der Waals surface area contributed by atoms with E-state index in [-0.39, 0.29) is 29.9 Å². The van der Waals surface area contributed by atoms with Crippen molar-refractivity contribution in [2.45, 2.75) is 52.1 Å². The maximum Gasteiger partial charge on any atom is 0.338 e. The van der Waals surface area contributed by atoms with Gasteiger partial charge in [0.05, 0.1) is 12.2 Å². The van der Waals surface area contributed by atoms with Crippen LogP contribution in [0.15, 0.2) is 29.3 Å². The summed E-state index contributed by atoms with van der Waals surface area (Å²) in [5, 5.41) is 6.69. The molecule has 28 heavy (non-hydrogen) atoms. The zero-order valence-electron chi connectivity index (χ0n) is 17.4. The Balaban J connectivity index is 0.00000392. The lowest BCUT2D eigenvalue weighted by atomic mass is 10.0. The van der Waals surface area contributed by atoms with Gasteiger partial charge in [-0.3, -0.25) is 4.99 Å². The monoisotopic (exact) mass is 502 g/mol. The quantitative estimate of drug-likeness (QED) is 0.188. The van der Waals surface area contributed by atoms with Gasteiger partial charge in [-0.25, -0.2) is 4.79 Å². The molecule has 1 aromatic carbocycles. The molecular formula is C21H35IN4O2. The Morgan fingerprint density at radius 2 is 2.00 bits per heavy atom. The van der Waals surface area contributed by atoms with Crippen LogP contribution in [0.5, 0.6) is 0 Å². The maximum atomic E-state index is 11.7. The third-order valence-electron chi connectivity index (χ3n) is 5.00. The minimum absolute atomic E-state index is 0. The van der Waals surface area contributed by atoms with E-state index < -0.39 is 0 Å². The summed E-state index contributed by atoms with van der Waals surface area (Å²) in [5.74, 6) is 0.522. The summed E-state index contributed by atoms with van der Waals surface area (Å²) in [4.78, 5) is 18.5. The van der Waals surface area contributed by atoms with Crippen LogP contribution in [0.1, 0.15) is 55.5 Å². The van der Waals surface area contributed by atoms with E-state index in [0.29, 0.717) is 24.8 Å². The van der Waals surface area contributed by atoms with Crippen LogP contribution in [0.3, 0.4) is 0 Å². The van der Waals surface area contributed by atoms with Gasteiger partial charge in [-0.05, 0) is 57.4 Å². The summed E-state index contributed by atoms with van der Waals surface area (Å²) in [6, 6.07) is 8.18. The van der Waals surface area contributed by atoms with Crippen molar-refractivity contribution in [3.8, 4) is 0 Å². The van der Waals surface area contributed by atoms with Crippen molar-refractivity contribution in [2.24, 2.45) is 4.99 Å². The lowest BCUT2D eigenvalue weighted by Crippen LogP contribution is -2.41. The molecule has 0 aromatic heterocycles. The summed E-state index contributed by atoms with van der Waals surface area (Å²) < 4.78 is 5.00. The highest BCUT2D eigenvalue weighted by molar-refractivity contribution is 14.0. The molecule has 0 amide bonds. The normalized spacial score (nSPS) is 17.5. The molecule has 0 bridgehead atoms. The number of esters is 1. The van der Waals surface area contributed by atoms with Gasteiger partial charge in [-0.2, -0.15) is 0 Å².